The van der Waals surface area contributed by atoms with Crippen LogP contribution in [0.3, 0.4) is 0 Å². The first-order valence-corrected chi connectivity index (χ1v) is 6.54. The topological polar surface area (TPSA) is 101 Å². The second-order valence-corrected chi connectivity index (χ2v) is 4.63. The highest BCUT2D eigenvalue weighted by Gasteiger charge is 2.51. The highest BCUT2D eigenvalue weighted by molar-refractivity contribution is 5.90. The van der Waals surface area contributed by atoms with E-state index in [0.29, 0.717) is 17.4 Å². The van der Waals surface area contributed by atoms with Crippen LogP contribution in [-0.2, 0) is 10.3 Å². The van der Waals surface area contributed by atoms with Gasteiger partial charge in [0.2, 0.25) is 11.4 Å². The molecular weight excluding hydrogens is 286 g/mol. The van der Waals surface area contributed by atoms with E-state index in [9.17, 15) is 9.90 Å². The second kappa shape index (κ2) is 5.40. The number of hydrogen-bond donors (Lipinski definition) is 1. The minimum Gasteiger partial charge on any atom is -0.480 e. The van der Waals surface area contributed by atoms with Crippen molar-refractivity contribution in [3.63, 3.8) is 0 Å². The van der Waals surface area contributed by atoms with Gasteiger partial charge in [-0.2, -0.15) is 5.10 Å². The lowest BCUT2D eigenvalue weighted by Gasteiger charge is -2.32. The maximum absolute atomic E-state index is 12.0. The number of anilines is 1. The molecule has 0 aliphatic carbocycles. The molecule has 112 valence electrons. The molecule has 3 rings (SSSR count). The Balaban J connectivity index is 2.08. The zero-order chi connectivity index (χ0) is 15.6. The number of nitrogens with zero attached hydrogens (tertiary/aromatic N) is 5. The highest BCUT2D eigenvalue weighted by Crippen LogP contribution is 2.37. The van der Waals surface area contributed by atoms with Crippen LogP contribution in [0.2, 0.25) is 0 Å². The van der Waals surface area contributed by atoms with Crippen LogP contribution in [0.25, 0.3) is 0 Å². The van der Waals surface area contributed by atoms with Crippen LogP contribution in [-0.4, -0.2) is 39.6 Å². The molecule has 0 saturated carbocycles. The van der Waals surface area contributed by atoms with Crippen LogP contribution in [0.4, 0.5) is 5.82 Å². The van der Waals surface area contributed by atoms with Crippen molar-refractivity contribution in [3.05, 3.63) is 42.2 Å². The van der Waals surface area contributed by atoms with E-state index in [4.69, 9.17) is 4.74 Å². The van der Waals surface area contributed by atoms with Crippen LogP contribution in [0.15, 0.2) is 41.6 Å². The van der Waals surface area contributed by atoms with Gasteiger partial charge in [-0.25, -0.2) is 9.80 Å². The highest BCUT2D eigenvalue weighted by atomic mass is 16.5. The van der Waals surface area contributed by atoms with Crippen molar-refractivity contribution in [2.45, 2.75) is 12.0 Å². The van der Waals surface area contributed by atoms with Crippen molar-refractivity contribution >= 4 is 18.0 Å². The minimum absolute atomic E-state index is 0.188. The first-order valence-electron chi connectivity index (χ1n) is 6.54. The maximum Gasteiger partial charge on any atom is 0.338 e. The van der Waals surface area contributed by atoms with Gasteiger partial charge in [-0.3, -0.25) is 4.98 Å². The Hall–Kier alpha value is -3.03. The summed E-state index contributed by atoms with van der Waals surface area (Å²) in [5, 5.41) is 23.1. The normalized spacial score (nSPS) is 20.1. The largest absolute Gasteiger partial charge is 0.480 e. The molecule has 1 aliphatic rings. The first kappa shape index (κ1) is 13.9. The zero-order valence-corrected chi connectivity index (χ0v) is 11.7. The molecule has 22 heavy (non-hydrogen) atoms. The van der Waals surface area contributed by atoms with Gasteiger partial charge in [-0.05, 0) is 18.2 Å². The Morgan fingerprint density at radius 3 is 2.77 bits per heavy atom. The number of pyridine rings is 1. The Bertz CT molecular complexity index is 704. The summed E-state index contributed by atoms with van der Waals surface area (Å²) in [6, 6.07) is 8.33. The molecule has 1 aliphatic heterocycles. The molecule has 0 radical (unpaired) electrons. The van der Waals surface area contributed by atoms with Gasteiger partial charge in [-0.1, -0.05) is 6.07 Å². The van der Waals surface area contributed by atoms with Crippen LogP contribution in [0.1, 0.15) is 12.1 Å². The zero-order valence-electron chi connectivity index (χ0n) is 11.7. The summed E-state index contributed by atoms with van der Waals surface area (Å²) in [6.07, 6.45) is 3.28. The third-order valence-corrected chi connectivity index (χ3v) is 3.44. The molecule has 2 aromatic rings. The maximum atomic E-state index is 12.0. The number of carboxylic acids is 1. The first-order chi connectivity index (χ1) is 10.7. The molecule has 1 unspecified atom stereocenters. The second-order valence-electron chi connectivity index (χ2n) is 4.63. The number of methoxy groups -OCH3 is 1. The third-order valence-electron chi connectivity index (χ3n) is 3.44. The summed E-state index contributed by atoms with van der Waals surface area (Å²) in [5.74, 6) is -0.408. The van der Waals surface area contributed by atoms with E-state index in [1.54, 1.807) is 36.5 Å². The summed E-state index contributed by atoms with van der Waals surface area (Å²) < 4.78 is 4.96. The number of ether oxygens (including phenoxy) is 1. The van der Waals surface area contributed by atoms with Crippen molar-refractivity contribution in [1.82, 2.24) is 15.2 Å². The quantitative estimate of drug-likeness (QED) is 0.900. The molecule has 3 heterocycles. The molecule has 0 spiro atoms. The average Bonchev–Trinajstić information content (AvgIpc) is 3.02. The van der Waals surface area contributed by atoms with Gasteiger partial charge < -0.3 is 9.84 Å². The van der Waals surface area contributed by atoms with Crippen molar-refractivity contribution in [1.29, 1.82) is 0 Å². The SMILES string of the molecule is COc1ccc(N2N=CCC2(C(=O)O)c2ccccn2)nn1. The molecule has 0 amide bonds. The molecule has 0 saturated heterocycles. The summed E-state index contributed by atoms with van der Waals surface area (Å²) >= 11 is 0. The van der Waals surface area contributed by atoms with Gasteiger partial charge in [0.1, 0.15) is 0 Å². The fourth-order valence-electron chi connectivity index (χ4n) is 2.34. The van der Waals surface area contributed by atoms with Crippen molar-refractivity contribution in [2.24, 2.45) is 5.10 Å². The number of carbonyl (C=O) groups is 1. The Morgan fingerprint density at radius 1 is 1.32 bits per heavy atom. The number of aliphatic carboxylic acids is 1. The van der Waals surface area contributed by atoms with Crippen molar-refractivity contribution in [2.75, 3.05) is 12.1 Å². The summed E-state index contributed by atoms with van der Waals surface area (Å²) in [4.78, 5) is 16.2. The third kappa shape index (κ3) is 2.05. The van der Waals surface area contributed by atoms with Crippen LogP contribution in [0.5, 0.6) is 5.88 Å². The van der Waals surface area contributed by atoms with E-state index >= 15 is 0 Å². The van der Waals surface area contributed by atoms with E-state index < -0.39 is 11.5 Å². The average molecular weight is 299 g/mol. The molecule has 0 aromatic carbocycles. The Kier molecular flexibility index (Phi) is 3.42. The number of carboxylic acid groups (broad SMARTS) is 1. The van der Waals surface area contributed by atoms with Crippen LogP contribution in [0, 0.1) is 0 Å². The van der Waals surface area contributed by atoms with E-state index in [1.165, 1.54) is 18.3 Å². The number of aromatic nitrogens is 3. The van der Waals surface area contributed by atoms with Gasteiger partial charge in [-0.15, -0.1) is 10.2 Å². The molecular formula is C14H13N5O3. The van der Waals surface area contributed by atoms with Gasteiger partial charge in [0, 0.05) is 24.9 Å². The smallest absolute Gasteiger partial charge is 0.338 e. The molecule has 0 fully saturated rings. The molecule has 0 bridgehead atoms. The number of hydrazone groups is 1. The number of rotatable bonds is 4. The van der Waals surface area contributed by atoms with Crippen LogP contribution >= 0.6 is 0 Å². The standard InChI is InChI=1S/C14H13N5O3/c1-22-12-6-5-11(17-18-12)19-14(13(20)21,7-9-16-19)10-4-2-3-8-15-10/h2-6,8-9H,7H2,1H3,(H,20,21). The van der Waals surface area contributed by atoms with Gasteiger partial charge in [0.15, 0.2) is 5.82 Å². The van der Waals surface area contributed by atoms with Crippen molar-refractivity contribution < 1.29 is 14.6 Å². The van der Waals surface area contributed by atoms with Gasteiger partial charge in [0.25, 0.3) is 0 Å². The van der Waals surface area contributed by atoms with Crippen LogP contribution < -0.4 is 9.75 Å². The van der Waals surface area contributed by atoms with Crippen molar-refractivity contribution in [3.8, 4) is 5.88 Å². The summed E-state index contributed by atoms with van der Waals surface area (Å²) in [7, 11) is 1.48. The van der Waals surface area contributed by atoms with Gasteiger partial charge in [0.05, 0.1) is 12.8 Å². The molecule has 8 nitrogen and oxygen atoms in total. The predicted molar refractivity (Wildman–Crippen MR) is 77.7 cm³/mol. The molecule has 2 aromatic heterocycles. The Labute approximate surface area is 126 Å². The molecule has 1 N–H and O–H groups in total. The summed E-state index contributed by atoms with van der Waals surface area (Å²) in [5.41, 5.74) is -1.04. The molecule has 8 heteroatoms. The number of hydrogen-bond acceptors (Lipinski definition) is 7. The predicted octanol–water partition coefficient (Wildman–Crippen LogP) is 1.06. The lowest BCUT2D eigenvalue weighted by atomic mass is 9.91. The van der Waals surface area contributed by atoms with E-state index in [-0.39, 0.29) is 6.42 Å². The van der Waals surface area contributed by atoms with E-state index in [1.807, 2.05) is 0 Å². The lowest BCUT2D eigenvalue weighted by Crippen LogP contribution is -2.48. The molecule has 1 atom stereocenters. The monoisotopic (exact) mass is 299 g/mol. The fraction of sp³-hybridized carbons (Fsp3) is 0.214. The lowest BCUT2D eigenvalue weighted by molar-refractivity contribution is -0.143. The van der Waals surface area contributed by atoms with E-state index in [2.05, 4.69) is 20.3 Å². The Morgan fingerprint density at radius 2 is 2.18 bits per heavy atom. The minimum atomic E-state index is -1.43. The fourth-order valence-corrected chi connectivity index (χ4v) is 2.34. The van der Waals surface area contributed by atoms with Gasteiger partial charge >= 0.3 is 5.97 Å². The van der Waals surface area contributed by atoms with E-state index in [0.717, 1.165) is 0 Å². The summed E-state index contributed by atoms with van der Waals surface area (Å²) in [6.45, 7) is 0.